The Balaban J connectivity index is 1.40. The predicted octanol–water partition coefficient (Wildman–Crippen LogP) is 4.11. The van der Waals surface area contributed by atoms with Gasteiger partial charge in [-0.25, -0.2) is 0 Å². The summed E-state index contributed by atoms with van der Waals surface area (Å²) in [5.41, 5.74) is 2.08. The van der Waals surface area contributed by atoms with Crippen molar-refractivity contribution in [3.05, 3.63) is 48.5 Å². The van der Waals surface area contributed by atoms with Crippen LogP contribution in [-0.4, -0.2) is 48.2 Å². The molecule has 2 aromatic carbocycles. The lowest BCUT2D eigenvalue weighted by molar-refractivity contribution is -0.174. The molecule has 0 spiro atoms. The van der Waals surface area contributed by atoms with Crippen LogP contribution in [0.3, 0.4) is 0 Å². The number of hydrogen-bond donors (Lipinski definition) is 1. The Morgan fingerprint density at radius 3 is 2.07 bits per heavy atom. The summed E-state index contributed by atoms with van der Waals surface area (Å²) in [4.78, 5) is 0. The molecule has 0 bridgehead atoms. The fourth-order valence-corrected chi connectivity index (χ4v) is 3.76. The first-order valence-electron chi connectivity index (χ1n) is 9.90. The normalized spacial score (nSPS) is 27.8. The van der Waals surface area contributed by atoms with Crippen LogP contribution in [0.1, 0.15) is 27.7 Å². The largest absolute Gasteiger partial charge is 0.508 e. The molecular weight excluding hydrogens is 372 g/mol. The molecule has 0 amide bonds. The van der Waals surface area contributed by atoms with Crippen LogP contribution < -0.4 is 4.74 Å². The second kappa shape index (κ2) is 7.61. The van der Waals surface area contributed by atoms with Crippen molar-refractivity contribution in [3.63, 3.8) is 0 Å². The van der Waals surface area contributed by atoms with E-state index < -0.39 is 11.6 Å². The topological polar surface area (TPSA) is 66.4 Å². The van der Waals surface area contributed by atoms with Gasteiger partial charge in [-0.15, -0.1) is 0 Å². The molecule has 1 N–H and O–H groups in total. The zero-order valence-electron chi connectivity index (χ0n) is 17.3. The number of hydrogen-bond acceptors (Lipinski definition) is 6. The maximum absolute atomic E-state index is 9.43. The Kier molecular flexibility index (Phi) is 5.29. The molecule has 6 nitrogen and oxygen atoms in total. The second-order valence-corrected chi connectivity index (χ2v) is 8.39. The van der Waals surface area contributed by atoms with Gasteiger partial charge in [0.05, 0.1) is 6.61 Å². The smallest absolute Gasteiger partial charge is 0.164 e. The number of rotatable bonds is 5. The van der Waals surface area contributed by atoms with Crippen LogP contribution in [-0.2, 0) is 18.9 Å². The van der Waals surface area contributed by atoms with Crippen molar-refractivity contribution in [2.75, 3.05) is 13.2 Å². The first kappa shape index (κ1) is 20.2. The molecule has 156 valence electrons. The standard InChI is InChI=1S/C23H28O6/c1-22(2)26-14-20(27-22)21-19(28-23(3,4)29-21)13-25-18-11-7-16(8-12-18)15-5-9-17(24)10-6-15/h5-12,19-21,24H,13-14H2,1-4H3/t19-,20-,21+/m1/s1. The summed E-state index contributed by atoms with van der Waals surface area (Å²) in [6.07, 6.45) is -0.718. The van der Waals surface area contributed by atoms with Crippen molar-refractivity contribution in [1.29, 1.82) is 0 Å². The molecule has 2 aliphatic heterocycles. The first-order valence-corrected chi connectivity index (χ1v) is 9.90. The molecule has 2 saturated heterocycles. The van der Waals surface area contributed by atoms with Gasteiger partial charge in [-0.3, -0.25) is 0 Å². The van der Waals surface area contributed by atoms with E-state index in [-0.39, 0.29) is 24.1 Å². The van der Waals surface area contributed by atoms with Crippen molar-refractivity contribution in [2.45, 2.75) is 57.6 Å². The molecular formula is C23H28O6. The molecule has 0 unspecified atom stereocenters. The minimum absolute atomic E-state index is 0.197. The number of aromatic hydroxyl groups is 1. The van der Waals surface area contributed by atoms with Gasteiger partial charge in [-0.2, -0.15) is 0 Å². The van der Waals surface area contributed by atoms with Gasteiger partial charge in [0.25, 0.3) is 0 Å². The highest BCUT2D eigenvalue weighted by Gasteiger charge is 2.49. The Bertz CT molecular complexity index is 827. The van der Waals surface area contributed by atoms with E-state index in [0.717, 1.165) is 16.9 Å². The molecule has 0 saturated carbocycles. The SMILES string of the molecule is CC1(C)OC[C@H]([C@H]2OC(C)(C)O[C@@H]2COc2ccc(-c3ccc(O)cc3)cc2)O1. The molecule has 0 radical (unpaired) electrons. The monoisotopic (exact) mass is 400 g/mol. The zero-order chi connectivity index (χ0) is 20.6. The highest BCUT2D eigenvalue weighted by molar-refractivity contribution is 5.64. The maximum atomic E-state index is 9.43. The van der Waals surface area contributed by atoms with Gasteiger partial charge in [0.2, 0.25) is 0 Å². The summed E-state index contributed by atoms with van der Waals surface area (Å²) in [7, 11) is 0. The average molecular weight is 400 g/mol. The van der Waals surface area contributed by atoms with E-state index in [1.54, 1.807) is 12.1 Å². The number of benzene rings is 2. The van der Waals surface area contributed by atoms with E-state index in [1.807, 2.05) is 64.1 Å². The fraction of sp³-hybridized carbons (Fsp3) is 0.478. The fourth-order valence-electron chi connectivity index (χ4n) is 3.76. The molecule has 0 aliphatic carbocycles. The number of phenols is 1. The highest BCUT2D eigenvalue weighted by atomic mass is 16.8. The summed E-state index contributed by atoms with van der Waals surface area (Å²) < 4.78 is 29.8. The van der Waals surface area contributed by atoms with Crippen molar-refractivity contribution in [3.8, 4) is 22.6 Å². The summed E-state index contributed by atoms with van der Waals surface area (Å²) in [6.45, 7) is 8.41. The van der Waals surface area contributed by atoms with E-state index in [9.17, 15) is 5.11 Å². The molecule has 2 aromatic rings. The van der Waals surface area contributed by atoms with Crippen LogP contribution in [0, 0.1) is 0 Å². The van der Waals surface area contributed by atoms with Gasteiger partial charge in [-0.1, -0.05) is 24.3 Å². The third kappa shape index (κ3) is 4.73. The van der Waals surface area contributed by atoms with Gasteiger partial charge in [0, 0.05) is 0 Å². The number of ether oxygens (including phenoxy) is 5. The van der Waals surface area contributed by atoms with Crippen LogP contribution in [0.4, 0.5) is 0 Å². The Morgan fingerprint density at radius 2 is 1.48 bits per heavy atom. The summed E-state index contributed by atoms with van der Waals surface area (Å²) in [5.74, 6) is -0.304. The summed E-state index contributed by atoms with van der Waals surface area (Å²) in [5, 5.41) is 9.43. The Labute approximate surface area is 171 Å². The second-order valence-electron chi connectivity index (χ2n) is 8.39. The third-order valence-electron chi connectivity index (χ3n) is 5.09. The average Bonchev–Trinajstić information content (AvgIpc) is 3.19. The molecule has 3 atom stereocenters. The van der Waals surface area contributed by atoms with Crippen LogP contribution in [0.2, 0.25) is 0 Å². The molecule has 6 heteroatoms. The summed E-state index contributed by atoms with van der Waals surface area (Å²) in [6, 6.07) is 15.0. The quantitative estimate of drug-likeness (QED) is 0.815. The first-order chi connectivity index (χ1) is 13.7. The minimum Gasteiger partial charge on any atom is -0.508 e. The van der Waals surface area contributed by atoms with Gasteiger partial charge >= 0.3 is 0 Å². The van der Waals surface area contributed by atoms with Crippen LogP contribution in [0.25, 0.3) is 11.1 Å². The van der Waals surface area contributed by atoms with E-state index >= 15 is 0 Å². The Hall–Kier alpha value is -2.12. The van der Waals surface area contributed by atoms with Crippen LogP contribution in [0.15, 0.2) is 48.5 Å². The minimum atomic E-state index is -0.697. The molecule has 2 fully saturated rings. The molecule has 2 heterocycles. The van der Waals surface area contributed by atoms with Crippen LogP contribution in [0.5, 0.6) is 11.5 Å². The van der Waals surface area contributed by atoms with E-state index in [1.165, 1.54) is 0 Å². The lowest BCUT2D eigenvalue weighted by atomic mass is 10.1. The van der Waals surface area contributed by atoms with Gasteiger partial charge in [-0.05, 0) is 63.1 Å². The zero-order valence-corrected chi connectivity index (χ0v) is 17.3. The van der Waals surface area contributed by atoms with E-state index in [4.69, 9.17) is 23.7 Å². The van der Waals surface area contributed by atoms with Gasteiger partial charge in [0.1, 0.15) is 36.4 Å². The van der Waals surface area contributed by atoms with Crippen molar-refractivity contribution < 1.29 is 28.8 Å². The van der Waals surface area contributed by atoms with E-state index in [2.05, 4.69) is 0 Å². The predicted molar refractivity (Wildman–Crippen MR) is 108 cm³/mol. The van der Waals surface area contributed by atoms with Crippen molar-refractivity contribution >= 4 is 0 Å². The maximum Gasteiger partial charge on any atom is 0.164 e. The summed E-state index contributed by atoms with van der Waals surface area (Å²) >= 11 is 0. The lowest BCUT2D eigenvalue weighted by Crippen LogP contribution is -2.40. The van der Waals surface area contributed by atoms with Crippen LogP contribution >= 0.6 is 0 Å². The third-order valence-corrected chi connectivity index (χ3v) is 5.09. The van der Waals surface area contributed by atoms with Crippen molar-refractivity contribution in [2.24, 2.45) is 0 Å². The number of phenolic OH excluding ortho intramolecular Hbond substituents is 1. The molecule has 0 aromatic heterocycles. The molecule has 4 rings (SSSR count). The molecule has 29 heavy (non-hydrogen) atoms. The van der Waals surface area contributed by atoms with Gasteiger partial charge in [0.15, 0.2) is 11.6 Å². The lowest BCUT2D eigenvalue weighted by Gasteiger charge is -2.23. The van der Waals surface area contributed by atoms with Gasteiger partial charge < -0.3 is 28.8 Å². The molecule has 2 aliphatic rings. The highest BCUT2D eigenvalue weighted by Crippen LogP contribution is 2.36. The Morgan fingerprint density at radius 1 is 0.862 bits per heavy atom. The van der Waals surface area contributed by atoms with Crippen molar-refractivity contribution in [1.82, 2.24) is 0 Å². The van der Waals surface area contributed by atoms with E-state index in [0.29, 0.717) is 13.2 Å².